The number of fused-ring (bicyclic) bond motifs is 1. The monoisotopic (exact) mass is 353 g/mol. The van der Waals surface area contributed by atoms with Crippen LogP contribution in [-0.4, -0.2) is 36.7 Å². The van der Waals surface area contributed by atoms with Crippen LogP contribution in [0.3, 0.4) is 0 Å². The van der Waals surface area contributed by atoms with E-state index in [9.17, 15) is 14.7 Å². The average Bonchev–Trinajstić information content (AvgIpc) is 2.99. The first kappa shape index (κ1) is 16.5. The molecule has 1 amide bonds. The predicted molar refractivity (Wildman–Crippen MR) is 93.7 cm³/mol. The molecule has 0 saturated heterocycles. The van der Waals surface area contributed by atoms with E-state index in [1.165, 1.54) is 16.8 Å². The number of carbonyl (C=O) groups excluding carboxylic acids is 1. The van der Waals surface area contributed by atoms with Crippen molar-refractivity contribution in [2.24, 2.45) is 5.92 Å². The van der Waals surface area contributed by atoms with Gasteiger partial charge in [0.25, 0.3) is 11.5 Å². The zero-order valence-corrected chi connectivity index (χ0v) is 14.2. The topological polar surface area (TPSA) is 112 Å². The molecule has 134 valence electrons. The molecule has 1 aliphatic rings. The van der Waals surface area contributed by atoms with Crippen LogP contribution in [0, 0.1) is 12.8 Å². The standard InChI is InChI=1S/C18H19N5O3/c1-10-13(9-20-15-8-16(25)22-23(10)15)18(26)21-17(11-6-12(24)7-11)14-4-2-3-5-19-14/h2-5,8-9,11-12,17,24H,6-7H2,1H3,(H,21,26)(H,22,25)/t11?,12?,17-/m1/s1. The molecule has 0 bridgehead atoms. The zero-order chi connectivity index (χ0) is 18.3. The molecule has 0 unspecified atom stereocenters. The lowest BCUT2D eigenvalue weighted by Gasteiger charge is -2.37. The number of aromatic amines is 1. The largest absolute Gasteiger partial charge is 0.393 e. The Morgan fingerprint density at radius 1 is 1.38 bits per heavy atom. The van der Waals surface area contributed by atoms with Crippen molar-refractivity contribution >= 4 is 11.6 Å². The predicted octanol–water partition coefficient (Wildman–Crippen LogP) is 0.968. The number of aryl methyl sites for hydroxylation is 1. The molecule has 0 aliphatic heterocycles. The van der Waals surface area contributed by atoms with E-state index in [1.54, 1.807) is 13.1 Å². The molecule has 3 heterocycles. The third kappa shape index (κ3) is 2.88. The van der Waals surface area contributed by atoms with Gasteiger partial charge in [-0.2, -0.15) is 0 Å². The van der Waals surface area contributed by atoms with Gasteiger partial charge >= 0.3 is 0 Å². The normalized spacial score (nSPS) is 20.5. The van der Waals surface area contributed by atoms with Crippen LogP contribution in [-0.2, 0) is 0 Å². The van der Waals surface area contributed by atoms with Crippen LogP contribution in [0.15, 0.2) is 41.5 Å². The van der Waals surface area contributed by atoms with Gasteiger partial charge in [0, 0.05) is 18.5 Å². The maximum Gasteiger partial charge on any atom is 0.266 e. The minimum absolute atomic E-state index is 0.132. The van der Waals surface area contributed by atoms with Crippen molar-refractivity contribution in [2.45, 2.75) is 31.9 Å². The molecule has 1 atom stereocenters. The molecule has 3 aromatic heterocycles. The highest BCUT2D eigenvalue weighted by atomic mass is 16.3. The van der Waals surface area contributed by atoms with Gasteiger partial charge in [0.05, 0.1) is 29.1 Å². The van der Waals surface area contributed by atoms with Crippen LogP contribution in [0.25, 0.3) is 5.65 Å². The summed E-state index contributed by atoms with van der Waals surface area (Å²) < 4.78 is 1.50. The number of amides is 1. The van der Waals surface area contributed by atoms with Gasteiger partial charge in [-0.05, 0) is 37.8 Å². The number of H-pyrrole nitrogens is 1. The summed E-state index contributed by atoms with van der Waals surface area (Å²) in [4.78, 5) is 32.9. The summed E-state index contributed by atoms with van der Waals surface area (Å²) in [6.07, 6.45) is 4.09. The second kappa shape index (κ2) is 6.38. The van der Waals surface area contributed by atoms with E-state index >= 15 is 0 Å². The number of nitrogens with zero attached hydrogens (tertiary/aromatic N) is 3. The quantitative estimate of drug-likeness (QED) is 0.647. The van der Waals surface area contributed by atoms with Gasteiger partial charge in [-0.1, -0.05) is 6.07 Å². The highest BCUT2D eigenvalue weighted by molar-refractivity contribution is 5.95. The Balaban J connectivity index is 1.64. The van der Waals surface area contributed by atoms with Crippen molar-refractivity contribution in [3.63, 3.8) is 0 Å². The first-order chi connectivity index (χ1) is 12.5. The van der Waals surface area contributed by atoms with Crippen LogP contribution in [0.1, 0.15) is 40.6 Å². The molecule has 0 radical (unpaired) electrons. The number of hydrogen-bond donors (Lipinski definition) is 3. The maximum atomic E-state index is 12.9. The summed E-state index contributed by atoms with van der Waals surface area (Å²) in [5.74, 6) is -0.157. The van der Waals surface area contributed by atoms with E-state index in [-0.39, 0.29) is 29.5 Å². The Morgan fingerprint density at radius 2 is 2.19 bits per heavy atom. The van der Waals surface area contributed by atoms with Crippen molar-refractivity contribution in [1.82, 2.24) is 24.9 Å². The van der Waals surface area contributed by atoms with Gasteiger partial charge < -0.3 is 10.4 Å². The lowest BCUT2D eigenvalue weighted by molar-refractivity contribution is 0.0228. The average molecular weight is 353 g/mol. The number of aromatic nitrogens is 4. The van der Waals surface area contributed by atoms with Crippen LogP contribution in [0.4, 0.5) is 0 Å². The Labute approximate surface area is 148 Å². The third-order valence-corrected chi connectivity index (χ3v) is 4.92. The number of rotatable bonds is 4. The summed E-state index contributed by atoms with van der Waals surface area (Å²) in [5, 5.41) is 15.3. The molecule has 3 aromatic rings. The van der Waals surface area contributed by atoms with Crippen LogP contribution in [0.5, 0.6) is 0 Å². The fraction of sp³-hybridized carbons (Fsp3) is 0.333. The number of aliphatic hydroxyl groups excluding tert-OH is 1. The summed E-state index contributed by atoms with van der Waals surface area (Å²) in [6.45, 7) is 1.75. The number of pyridine rings is 1. The van der Waals surface area contributed by atoms with Crippen molar-refractivity contribution in [2.75, 3.05) is 0 Å². The molecule has 1 fully saturated rings. The SMILES string of the molecule is Cc1c(C(=O)N[C@@H](c2ccccn2)C2CC(O)C2)cnc2cc(=O)[nH]n12. The van der Waals surface area contributed by atoms with E-state index < -0.39 is 0 Å². The van der Waals surface area contributed by atoms with Crippen LogP contribution < -0.4 is 10.9 Å². The number of aliphatic hydroxyl groups is 1. The number of nitrogens with one attached hydrogen (secondary N) is 2. The summed E-state index contributed by atoms with van der Waals surface area (Å²) in [6, 6.07) is 6.66. The van der Waals surface area contributed by atoms with Gasteiger partial charge in [-0.15, -0.1) is 0 Å². The maximum absolute atomic E-state index is 12.9. The molecule has 26 heavy (non-hydrogen) atoms. The highest BCUT2D eigenvalue weighted by Gasteiger charge is 2.36. The van der Waals surface area contributed by atoms with Crippen LogP contribution in [0.2, 0.25) is 0 Å². The minimum atomic E-state index is -0.326. The van der Waals surface area contributed by atoms with Gasteiger partial charge in [-0.25, -0.2) is 9.50 Å². The summed E-state index contributed by atoms with van der Waals surface area (Å²) >= 11 is 0. The van der Waals surface area contributed by atoms with Crippen molar-refractivity contribution < 1.29 is 9.90 Å². The van der Waals surface area contributed by atoms with Gasteiger partial charge in [0.2, 0.25) is 0 Å². The van der Waals surface area contributed by atoms with Crippen molar-refractivity contribution in [1.29, 1.82) is 0 Å². The first-order valence-electron chi connectivity index (χ1n) is 8.50. The molecule has 8 nitrogen and oxygen atoms in total. The van der Waals surface area contributed by atoms with E-state index in [2.05, 4.69) is 20.4 Å². The molecular formula is C18H19N5O3. The third-order valence-electron chi connectivity index (χ3n) is 4.92. The van der Waals surface area contributed by atoms with E-state index in [4.69, 9.17) is 0 Å². The van der Waals surface area contributed by atoms with Crippen LogP contribution >= 0.6 is 0 Å². The van der Waals surface area contributed by atoms with E-state index in [0.717, 1.165) is 5.69 Å². The van der Waals surface area contributed by atoms with Crippen molar-refractivity contribution in [3.05, 3.63) is 64.0 Å². The zero-order valence-electron chi connectivity index (χ0n) is 14.2. The second-order valence-electron chi connectivity index (χ2n) is 6.66. The first-order valence-corrected chi connectivity index (χ1v) is 8.50. The molecule has 0 aromatic carbocycles. The Morgan fingerprint density at radius 3 is 2.88 bits per heavy atom. The highest BCUT2D eigenvalue weighted by Crippen LogP contribution is 2.37. The summed E-state index contributed by atoms with van der Waals surface area (Å²) in [5.41, 5.74) is 1.94. The fourth-order valence-electron chi connectivity index (χ4n) is 3.41. The van der Waals surface area contributed by atoms with Gasteiger partial charge in [0.15, 0.2) is 5.65 Å². The summed E-state index contributed by atoms with van der Waals surface area (Å²) in [7, 11) is 0. The number of carbonyl (C=O) groups is 1. The van der Waals surface area contributed by atoms with Gasteiger partial charge in [0.1, 0.15) is 0 Å². The Kier molecular flexibility index (Phi) is 4.04. The molecule has 4 rings (SSSR count). The van der Waals surface area contributed by atoms with Gasteiger partial charge in [-0.3, -0.25) is 19.7 Å². The second-order valence-corrected chi connectivity index (χ2v) is 6.66. The smallest absolute Gasteiger partial charge is 0.266 e. The molecule has 1 aliphatic carbocycles. The molecule has 8 heteroatoms. The van der Waals surface area contributed by atoms with Crippen molar-refractivity contribution in [3.8, 4) is 0 Å². The lowest BCUT2D eigenvalue weighted by Crippen LogP contribution is -2.42. The fourth-order valence-corrected chi connectivity index (χ4v) is 3.41. The van der Waals surface area contributed by atoms with E-state index in [0.29, 0.717) is 29.7 Å². The molecule has 0 spiro atoms. The molecular weight excluding hydrogens is 334 g/mol. The Bertz CT molecular complexity index is 1000. The minimum Gasteiger partial charge on any atom is -0.393 e. The van der Waals surface area contributed by atoms with E-state index in [1.807, 2.05) is 18.2 Å². The Hall–Kier alpha value is -3.00. The number of hydrogen-bond acceptors (Lipinski definition) is 5. The molecule has 1 saturated carbocycles. The molecule has 3 N–H and O–H groups in total. The lowest BCUT2D eigenvalue weighted by atomic mass is 9.76.